The summed E-state index contributed by atoms with van der Waals surface area (Å²) in [7, 11) is 1.63. The monoisotopic (exact) mass is 434 g/mol. The van der Waals surface area contributed by atoms with E-state index in [-0.39, 0.29) is 11.7 Å². The van der Waals surface area contributed by atoms with Crippen LogP contribution in [0.5, 0.6) is 5.75 Å². The Balaban J connectivity index is 1.37. The Morgan fingerprint density at radius 1 is 1.23 bits per heavy atom. The van der Waals surface area contributed by atoms with Gasteiger partial charge in [-0.1, -0.05) is 30.0 Å². The number of aromatic nitrogens is 4. The second-order valence-corrected chi connectivity index (χ2v) is 7.59. The quantitative estimate of drug-likeness (QED) is 0.250. The van der Waals surface area contributed by atoms with Gasteiger partial charge >= 0.3 is 0 Å². The minimum absolute atomic E-state index is 0.186. The first kappa shape index (κ1) is 20.7. The van der Waals surface area contributed by atoms with Crippen molar-refractivity contribution in [1.29, 1.82) is 0 Å². The van der Waals surface area contributed by atoms with Gasteiger partial charge in [-0.15, -0.1) is 10.2 Å². The smallest absolute Gasteiger partial charge is 0.250 e. The summed E-state index contributed by atoms with van der Waals surface area (Å²) in [4.78, 5) is 15.4. The molecule has 2 aromatic heterocycles. The van der Waals surface area contributed by atoms with E-state index in [4.69, 9.17) is 4.74 Å². The van der Waals surface area contributed by atoms with Gasteiger partial charge in [0, 0.05) is 34.8 Å². The molecule has 0 fully saturated rings. The highest BCUT2D eigenvalue weighted by Crippen LogP contribution is 2.25. The van der Waals surface area contributed by atoms with Crippen LogP contribution < -0.4 is 10.2 Å². The molecular weight excluding hydrogens is 412 g/mol. The van der Waals surface area contributed by atoms with Gasteiger partial charge in [-0.05, 0) is 37.3 Å². The minimum Gasteiger partial charge on any atom is -0.497 e. The number of hydrazone groups is 1. The average Bonchev–Trinajstić information content (AvgIpc) is 3.41. The standard InChI is InChI=1S/C22H22N6O2S/c1-3-28-21(15-8-10-17(30-2)11-9-15)26-27-22(28)31-14-20(29)25-24-13-16-12-23-19-7-5-4-6-18(16)19/h4-13,23H,3,14H2,1-2H3,(H,25,29). The molecule has 0 unspecified atom stereocenters. The maximum Gasteiger partial charge on any atom is 0.250 e. The Morgan fingerprint density at radius 3 is 2.81 bits per heavy atom. The van der Waals surface area contributed by atoms with Crippen molar-refractivity contribution in [3.05, 3.63) is 60.3 Å². The maximum atomic E-state index is 12.2. The topological polar surface area (TPSA) is 97.2 Å². The molecule has 0 aliphatic carbocycles. The summed E-state index contributed by atoms with van der Waals surface area (Å²) >= 11 is 1.33. The van der Waals surface area contributed by atoms with Gasteiger partial charge in [-0.3, -0.25) is 4.79 Å². The number of methoxy groups -OCH3 is 1. The molecular formula is C22H22N6O2S. The van der Waals surface area contributed by atoms with E-state index in [1.54, 1.807) is 13.3 Å². The Labute approximate surface area is 183 Å². The molecule has 0 spiro atoms. The van der Waals surface area contributed by atoms with E-state index in [2.05, 4.69) is 25.7 Å². The zero-order valence-electron chi connectivity index (χ0n) is 17.2. The van der Waals surface area contributed by atoms with Gasteiger partial charge in [-0.2, -0.15) is 5.10 Å². The van der Waals surface area contributed by atoms with Crippen LogP contribution in [0.3, 0.4) is 0 Å². The fraction of sp³-hybridized carbons (Fsp3) is 0.182. The number of nitrogens with zero attached hydrogens (tertiary/aromatic N) is 4. The number of carbonyl (C=O) groups excluding carboxylic acids is 1. The molecule has 0 atom stereocenters. The van der Waals surface area contributed by atoms with E-state index in [0.717, 1.165) is 33.6 Å². The summed E-state index contributed by atoms with van der Waals surface area (Å²) in [5, 5.41) is 14.4. The molecule has 0 aliphatic heterocycles. The molecule has 158 valence electrons. The fourth-order valence-corrected chi connectivity index (χ4v) is 3.97. The maximum absolute atomic E-state index is 12.2. The molecule has 0 saturated heterocycles. The first-order valence-corrected chi connectivity index (χ1v) is 10.8. The molecule has 2 N–H and O–H groups in total. The predicted molar refractivity (Wildman–Crippen MR) is 122 cm³/mol. The van der Waals surface area contributed by atoms with E-state index in [9.17, 15) is 4.79 Å². The van der Waals surface area contributed by atoms with Crippen LogP contribution in [0.1, 0.15) is 12.5 Å². The van der Waals surface area contributed by atoms with Crippen LogP contribution in [-0.2, 0) is 11.3 Å². The Morgan fingerprint density at radius 2 is 2.03 bits per heavy atom. The van der Waals surface area contributed by atoms with Crippen molar-refractivity contribution in [3.63, 3.8) is 0 Å². The highest BCUT2D eigenvalue weighted by molar-refractivity contribution is 7.99. The Bertz CT molecular complexity index is 1210. The van der Waals surface area contributed by atoms with E-state index < -0.39 is 0 Å². The summed E-state index contributed by atoms with van der Waals surface area (Å²) < 4.78 is 7.19. The van der Waals surface area contributed by atoms with Gasteiger partial charge in [-0.25, -0.2) is 5.43 Å². The number of nitrogens with one attached hydrogen (secondary N) is 2. The first-order valence-electron chi connectivity index (χ1n) is 9.78. The van der Waals surface area contributed by atoms with Crippen LogP contribution in [0.2, 0.25) is 0 Å². The molecule has 0 radical (unpaired) electrons. The lowest BCUT2D eigenvalue weighted by molar-refractivity contribution is -0.118. The number of carbonyl (C=O) groups is 1. The number of fused-ring (bicyclic) bond motifs is 1. The van der Waals surface area contributed by atoms with Crippen LogP contribution >= 0.6 is 11.8 Å². The Kier molecular flexibility index (Phi) is 6.32. The number of para-hydroxylation sites is 1. The molecule has 0 saturated carbocycles. The molecule has 0 bridgehead atoms. The summed E-state index contributed by atoms with van der Waals surface area (Å²) in [6.07, 6.45) is 3.50. The molecule has 31 heavy (non-hydrogen) atoms. The van der Waals surface area contributed by atoms with Gasteiger partial charge < -0.3 is 14.3 Å². The molecule has 2 heterocycles. The van der Waals surface area contributed by atoms with Gasteiger partial charge in [0.2, 0.25) is 0 Å². The third kappa shape index (κ3) is 4.61. The van der Waals surface area contributed by atoms with Crippen molar-refractivity contribution in [2.45, 2.75) is 18.6 Å². The molecule has 8 nitrogen and oxygen atoms in total. The van der Waals surface area contributed by atoms with E-state index >= 15 is 0 Å². The average molecular weight is 435 g/mol. The van der Waals surface area contributed by atoms with Crippen molar-refractivity contribution in [2.75, 3.05) is 12.9 Å². The Hall–Kier alpha value is -3.59. The number of hydrogen-bond donors (Lipinski definition) is 2. The minimum atomic E-state index is -0.210. The lowest BCUT2D eigenvalue weighted by Gasteiger charge is -2.07. The van der Waals surface area contributed by atoms with Crippen molar-refractivity contribution < 1.29 is 9.53 Å². The number of thioether (sulfide) groups is 1. The molecule has 9 heteroatoms. The largest absolute Gasteiger partial charge is 0.497 e. The van der Waals surface area contributed by atoms with E-state index in [0.29, 0.717) is 11.7 Å². The molecule has 2 aromatic carbocycles. The van der Waals surface area contributed by atoms with Crippen LogP contribution in [0, 0.1) is 0 Å². The third-order valence-corrected chi connectivity index (χ3v) is 5.69. The van der Waals surface area contributed by atoms with Crippen LogP contribution in [-0.4, -0.2) is 44.7 Å². The second kappa shape index (κ2) is 9.48. The van der Waals surface area contributed by atoms with Crippen molar-refractivity contribution in [1.82, 2.24) is 25.2 Å². The van der Waals surface area contributed by atoms with E-state index in [1.807, 2.05) is 66.2 Å². The number of benzene rings is 2. The highest BCUT2D eigenvalue weighted by atomic mass is 32.2. The lowest BCUT2D eigenvalue weighted by atomic mass is 10.2. The molecule has 0 aliphatic rings. The fourth-order valence-electron chi connectivity index (χ4n) is 3.17. The number of ether oxygens (including phenoxy) is 1. The molecule has 1 amide bonds. The zero-order valence-corrected chi connectivity index (χ0v) is 18.0. The van der Waals surface area contributed by atoms with Gasteiger partial charge in [0.15, 0.2) is 11.0 Å². The predicted octanol–water partition coefficient (Wildman–Crippen LogP) is 3.70. The SMILES string of the molecule is CCn1c(SCC(=O)NN=Cc2c[nH]c3ccccc23)nnc1-c1ccc(OC)cc1. The summed E-state index contributed by atoms with van der Waals surface area (Å²) in [5.74, 6) is 1.51. The number of hydrogen-bond acceptors (Lipinski definition) is 6. The van der Waals surface area contributed by atoms with Gasteiger partial charge in [0.1, 0.15) is 5.75 Å². The summed E-state index contributed by atoms with van der Waals surface area (Å²) in [6, 6.07) is 15.6. The lowest BCUT2D eigenvalue weighted by Crippen LogP contribution is -2.20. The number of H-pyrrole nitrogens is 1. The van der Waals surface area contributed by atoms with Crippen molar-refractivity contribution in [2.24, 2.45) is 5.10 Å². The number of aromatic amines is 1. The summed E-state index contributed by atoms with van der Waals surface area (Å²) in [6.45, 7) is 2.71. The van der Waals surface area contributed by atoms with Crippen LogP contribution in [0.4, 0.5) is 0 Å². The zero-order chi connectivity index (χ0) is 21.6. The van der Waals surface area contributed by atoms with Crippen LogP contribution in [0.25, 0.3) is 22.3 Å². The summed E-state index contributed by atoms with van der Waals surface area (Å²) in [5.41, 5.74) is 5.45. The van der Waals surface area contributed by atoms with Crippen molar-refractivity contribution >= 4 is 34.8 Å². The van der Waals surface area contributed by atoms with Crippen molar-refractivity contribution in [3.8, 4) is 17.1 Å². The van der Waals surface area contributed by atoms with Crippen LogP contribution in [0.15, 0.2) is 65.0 Å². The number of rotatable bonds is 8. The van der Waals surface area contributed by atoms with Gasteiger partial charge in [0.05, 0.1) is 19.1 Å². The second-order valence-electron chi connectivity index (χ2n) is 6.65. The van der Waals surface area contributed by atoms with E-state index in [1.165, 1.54) is 11.8 Å². The molecule has 4 aromatic rings. The number of amides is 1. The first-order chi connectivity index (χ1) is 15.2. The van der Waals surface area contributed by atoms with Gasteiger partial charge in [0.25, 0.3) is 5.91 Å². The molecule has 4 rings (SSSR count). The highest BCUT2D eigenvalue weighted by Gasteiger charge is 2.14. The third-order valence-electron chi connectivity index (χ3n) is 4.73. The normalized spacial score (nSPS) is 11.3.